The van der Waals surface area contributed by atoms with Crippen LogP contribution in [0.5, 0.6) is 5.75 Å². The molecule has 3 aromatic rings. The molecular weight excluding hydrogens is 425 g/mol. The van der Waals surface area contributed by atoms with Gasteiger partial charge in [0.25, 0.3) is 5.91 Å². The SMILES string of the molecule is O=C(COc1ccc(Cl)c(F)c1)NC12CC(NC(=O)Cc3noc4ccccc34)(C1)C2. The maximum absolute atomic E-state index is 13.4. The van der Waals surface area contributed by atoms with E-state index in [0.717, 1.165) is 11.5 Å². The number of halogens is 2. The quantitative estimate of drug-likeness (QED) is 0.585. The number of carbonyl (C=O) groups is 2. The number of rotatable bonds is 7. The molecule has 6 rings (SSSR count). The Morgan fingerprint density at radius 2 is 1.81 bits per heavy atom. The van der Waals surface area contributed by atoms with Crippen LogP contribution in [0.1, 0.15) is 25.0 Å². The molecule has 2 bridgehead atoms. The van der Waals surface area contributed by atoms with Crippen molar-refractivity contribution in [2.75, 3.05) is 6.61 Å². The highest BCUT2D eigenvalue weighted by Gasteiger charge is 2.69. The summed E-state index contributed by atoms with van der Waals surface area (Å²) >= 11 is 5.63. The third kappa shape index (κ3) is 3.72. The van der Waals surface area contributed by atoms with Crippen molar-refractivity contribution in [1.82, 2.24) is 15.8 Å². The smallest absolute Gasteiger partial charge is 0.258 e. The molecule has 1 aromatic heterocycles. The van der Waals surface area contributed by atoms with Crippen LogP contribution in [-0.4, -0.2) is 34.7 Å². The Bertz CT molecular complexity index is 1170. The summed E-state index contributed by atoms with van der Waals surface area (Å²) in [6.45, 7) is -0.221. The molecule has 2 N–H and O–H groups in total. The van der Waals surface area contributed by atoms with Crippen molar-refractivity contribution >= 4 is 34.4 Å². The molecule has 1 heterocycles. The fraction of sp³-hybridized carbons (Fsp3) is 0.318. The molecule has 0 unspecified atom stereocenters. The summed E-state index contributed by atoms with van der Waals surface area (Å²) in [5.41, 5.74) is 0.684. The Hall–Kier alpha value is -3.13. The Kier molecular flexibility index (Phi) is 4.62. The lowest BCUT2D eigenvalue weighted by molar-refractivity contribution is -0.150. The number of hydrogen-bond donors (Lipinski definition) is 2. The summed E-state index contributed by atoms with van der Waals surface area (Å²) in [5, 5.41) is 10.9. The fourth-order valence-corrected chi connectivity index (χ4v) is 4.78. The van der Waals surface area contributed by atoms with E-state index in [2.05, 4.69) is 15.8 Å². The number of nitrogens with one attached hydrogen (secondary N) is 2. The van der Waals surface area contributed by atoms with Gasteiger partial charge in [0.1, 0.15) is 17.3 Å². The molecule has 3 aliphatic carbocycles. The van der Waals surface area contributed by atoms with Crippen LogP contribution in [0.15, 0.2) is 47.0 Å². The maximum atomic E-state index is 13.4. The Labute approximate surface area is 181 Å². The number of aromatic nitrogens is 1. The molecule has 3 fully saturated rings. The third-order valence-electron chi connectivity index (χ3n) is 5.88. The van der Waals surface area contributed by atoms with Gasteiger partial charge in [-0.2, -0.15) is 0 Å². The zero-order chi connectivity index (χ0) is 21.6. The summed E-state index contributed by atoms with van der Waals surface area (Å²) < 4.78 is 24.0. The van der Waals surface area contributed by atoms with Crippen molar-refractivity contribution < 1.29 is 23.2 Å². The molecule has 160 valence electrons. The molecule has 2 amide bonds. The molecule has 7 nitrogen and oxygen atoms in total. The average molecular weight is 444 g/mol. The number of hydrogen-bond acceptors (Lipinski definition) is 5. The highest BCUT2D eigenvalue weighted by molar-refractivity contribution is 6.30. The number of benzene rings is 2. The van der Waals surface area contributed by atoms with Crippen LogP contribution in [0.4, 0.5) is 4.39 Å². The zero-order valence-electron chi connectivity index (χ0n) is 16.4. The highest BCUT2D eigenvalue weighted by Crippen LogP contribution is 2.60. The van der Waals surface area contributed by atoms with E-state index in [1.165, 1.54) is 12.1 Å². The molecule has 0 aliphatic heterocycles. The van der Waals surface area contributed by atoms with Crippen LogP contribution in [-0.2, 0) is 16.0 Å². The second-order valence-electron chi connectivity index (χ2n) is 8.35. The largest absolute Gasteiger partial charge is 0.484 e. The minimum absolute atomic E-state index is 0.00486. The molecule has 3 saturated carbocycles. The predicted octanol–water partition coefficient (Wildman–Crippen LogP) is 3.15. The van der Waals surface area contributed by atoms with Gasteiger partial charge in [0.15, 0.2) is 12.2 Å². The number of carbonyl (C=O) groups excluding carboxylic acids is 2. The van der Waals surface area contributed by atoms with Crippen molar-refractivity contribution in [2.24, 2.45) is 0 Å². The second kappa shape index (κ2) is 7.23. The summed E-state index contributed by atoms with van der Waals surface area (Å²) in [7, 11) is 0. The van der Waals surface area contributed by atoms with Crippen LogP contribution in [0.2, 0.25) is 5.02 Å². The average Bonchev–Trinajstić information content (AvgIpc) is 3.09. The minimum Gasteiger partial charge on any atom is -0.484 e. The van der Waals surface area contributed by atoms with E-state index in [-0.39, 0.29) is 46.7 Å². The Balaban J connectivity index is 1.09. The van der Waals surface area contributed by atoms with E-state index in [4.69, 9.17) is 20.9 Å². The van der Waals surface area contributed by atoms with Crippen molar-refractivity contribution in [3.05, 3.63) is 59.0 Å². The van der Waals surface area contributed by atoms with E-state index in [1.807, 2.05) is 24.3 Å². The van der Waals surface area contributed by atoms with Gasteiger partial charge in [-0.15, -0.1) is 0 Å². The lowest BCUT2D eigenvalue weighted by atomic mass is 9.44. The molecule has 3 aliphatic rings. The molecule has 0 spiro atoms. The predicted molar refractivity (Wildman–Crippen MR) is 110 cm³/mol. The molecule has 2 aromatic carbocycles. The van der Waals surface area contributed by atoms with E-state index < -0.39 is 5.82 Å². The Morgan fingerprint density at radius 3 is 2.55 bits per heavy atom. The van der Waals surface area contributed by atoms with Crippen molar-refractivity contribution in [2.45, 2.75) is 36.8 Å². The lowest BCUT2D eigenvalue weighted by Gasteiger charge is -2.70. The van der Waals surface area contributed by atoms with Gasteiger partial charge in [-0.1, -0.05) is 28.9 Å². The van der Waals surface area contributed by atoms with Crippen LogP contribution in [0.3, 0.4) is 0 Å². The van der Waals surface area contributed by atoms with Gasteiger partial charge < -0.3 is 19.9 Å². The lowest BCUT2D eigenvalue weighted by Crippen LogP contribution is -2.84. The topological polar surface area (TPSA) is 93.5 Å². The Morgan fingerprint density at radius 1 is 1.10 bits per heavy atom. The van der Waals surface area contributed by atoms with E-state index in [9.17, 15) is 14.0 Å². The van der Waals surface area contributed by atoms with Gasteiger partial charge in [0.2, 0.25) is 5.91 Å². The van der Waals surface area contributed by atoms with Gasteiger partial charge in [0.05, 0.1) is 11.4 Å². The third-order valence-corrected chi connectivity index (χ3v) is 6.19. The normalized spacial score (nSPS) is 23.5. The number of ether oxygens (including phenoxy) is 1. The van der Waals surface area contributed by atoms with Crippen molar-refractivity contribution in [3.63, 3.8) is 0 Å². The van der Waals surface area contributed by atoms with Crippen LogP contribution >= 0.6 is 11.6 Å². The maximum Gasteiger partial charge on any atom is 0.258 e. The van der Waals surface area contributed by atoms with Gasteiger partial charge in [-0.3, -0.25) is 9.59 Å². The first kappa shape index (κ1) is 19.8. The molecule has 0 radical (unpaired) electrons. The first-order valence-electron chi connectivity index (χ1n) is 9.89. The zero-order valence-corrected chi connectivity index (χ0v) is 17.2. The second-order valence-corrected chi connectivity index (χ2v) is 8.76. The summed E-state index contributed by atoms with van der Waals surface area (Å²) in [4.78, 5) is 24.7. The molecule has 31 heavy (non-hydrogen) atoms. The molecule has 0 saturated heterocycles. The van der Waals surface area contributed by atoms with Gasteiger partial charge in [-0.25, -0.2) is 4.39 Å². The standard InChI is InChI=1S/C22H19ClFN3O4/c23-15-6-5-13(7-16(15)24)30-9-20(29)26-22-10-21(11-22,12-22)25-19(28)8-17-14-3-1-2-4-18(14)31-27-17/h1-7H,8-12H2,(H,25,28)(H,26,29). The monoisotopic (exact) mass is 443 g/mol. The van der Waals surface area contributed by atoms with Crippen LogP contribution in [0.25, 0.3) is 11.0 Å². The van der Waals surface area contributed by atoms with E-state index >= 15 is 0 Å². The number of amides is 2. The van der Waals surface area contributed by atoms with Gasteiger partial charge >= 0.3 is 0 Å². The fourth-order valence-electron chi connectivity index (χ4n) is 4.66. The number of para-hydroxylation sites is 1. The first-order valence-corrected chi connectivity index (χ1v) is 10.3. The first-order chi connectivity index (χ1) is 14.9. The van der Waals surface area contributed by atoms with Crippen molar-refractivity contribution in [3.8, 4) is 5.75 Å². The van der Waals surface area contributed by atoms with Crippen molar-refractivity contribution in [1.29, 1.82) is 0 Å². The molecule has 0 atom stereocenters. The number of nitrogens with zero attached hydrogens (tertiary/aromatic N) is 1. The van der Waals surface area contributed by atoms with Crippen LogP contribution in [0, 0.1) is 5.82 Å². The minimum atomic E-state index is -0.602. The van der Waals surface area contributed by atoms with E-state index in [1.54, 1.807) is 0 Å². The summed E-state index contributed by atoms with van der Waals surface area (Å²) in [6.07, 6.45) is 2.16. The molecular formula is C22H19ClFN3O4. The van der Waals surface area contributed by atoms with Crippen LogP contribution < -0.4 is 15.4 Å². The summed E-state index contributed by atoms with van der Waals surface area (Å²) in [5.74, 6) is -0.773. The van der Waals surface area contributed by atoms with E-state index in [0.29, 0.717) is 30.5 Å². The molecule has 9 heteroatoms. The number of fused-ring (bicyclic) bond motifs is 1. The van der Waals surface area contributed by atoms with Gasteiger partial charge in [0, 0.05) is 22.5 Å². The van der Waals surface area contributed by atoms with Gasteiger partial charge in [-0.05, 0) is 43.5 Å². The summed E-state index contributed by atoms with van der Waals surface area (Å²) in [6, 6.07) is 11.4. The highest BCUT2D eigenvalue weighted by atomic mass is 35.5.